The van der Waals surface area contributed by atoms with Gasteiger partial charge in [-0.15, -0.1) is 0 Å². The first-order valence-electron chi connectivity index (χ1n) is 5.96. The van der Waals surface area contributed by atoms with Crippen LogP contribution in [0.5, 0.6) is 5.75 Å². The minimum atomic E-state index is 0.347. The van der Waals surface area contributed by atoms with Crippen LogP contribution >= 0.6 is 27.5 Å². The van der Waals surface area contributed by atoms with E-state index in [0.717, 1.165) is 26.9 Å². The van der Waals surface area contributed by atoms with E-state index < -0.39 is 0 Å². The topological polar surface area (TPSA) is 32.3 Å². The molecular weight excluding hydrogens is 326 g/mol. The Labute approximate surface area is 126 Å². The number of aromatic hydroxyl groups is 1. The number of hydrogen-bond donors (Lipinski definition) is 2. The van der Waals surface area contributed by atoms with Crippen LogP contribution in [-0.4, -0.2) is 5.11 Å². The Morgan fingerprint density at radius 3 is 2.63 bits per heavy atom. The van der Waals surface area contributed by atoms with Crippen molar-refractivity contribution in [3.63, 3.8) is 0 Å². The molecule has 0 amide bonds. The molecule has 0 bridgehead atoms. The molecule has 0 aliphatic heterocycles. The first-order chi connectivity index (χ1) is 8.99. The number of anilines is 1. The molecule has 2 aromatic rings. The molecule has 0 heterocycles. The zero-order valence-corrected chi connectivity index (χ0v) is 13.1. The number of rotatable bonds is 3. The van der Waals surface area contributed by atoms with Crippen molar-refractivity contribution in [1.29, 1.82) is 0 Å². The predicted molar refractivity (Wildman–Crippen MR) is 84.1 cm³/mol. The molecule has 0 saturated carbocycles. The Balaban J connectivity index is 2.17. The molecule has 2 aromatic carbocycles. The van der Waals surface area contributed by atoms with Crippen LogP contribution in [0.4, 0.5) is 5.69 Å². The van der Waals surface area contributed by atoms with Gasteiger partial charge < -0.3 is 10.4 Å². The second-order valence-electron chi connectivity index (χ2n) is 4.49. The summed E-state index contributed by atoms with van der Waals surface area (Å²) in [7, 11) is 0. The maximum Gasteiger partial charge on any atom is 0.123 e. The second kappa shape index (κ2) is 5.85. The maximum atomic E-state index is 9.91. The highest BCUT2D eigenvalue weighted by Gasteiger charge is 2.07. The zero-order valence-electron chi connectivity index (χ0n) is 10.8. The molecule has 4 heteroatoms. The highest BCUT2D eigenvalue weighted by atomic mass is 79.9. The van der Waals surface area contributed by atoms with Crippen molar-refractivity contribution in [3.05, 3.63) is 56.5 Å². The summed E-state index contributed by atoms with van der Waals surface area (Å²) in [5.74, 6) is 0.347. The molecule has 19 heavy (non-hydrogen) atoms. The van der Waals surface area contributed by atoms with Crippen molar-refractivity contribution in [2.45, 2.75) is 20.4 Å². The van der Waals surface area contributed by atoms with E-state index in [1.165, 1.54) is 0 Å². The summed E-state index contributed by atoms with van der Waals surface area (Å²) in [6, 6.07) is 9.60. The van der Waals surface area contributed by atoms with Crippen LogP contribution in [0.2, 0.25) is 5.02 Å². The molecular formula is C15H15BrClNO. The number of phenolic OH excluding ortho intramolecular Hbond substituents is 1. The fraction of sp³-hybridized carbons (Fsp3) is 0.200. The fourth-order valence-electron chi connectivity index (χ4n) is 1.88. The van der Waals surface area contributed by atoms with Gasteiger partial charge in [-0.05, 0) is 43.2 Å². The summed E-state index contributed by atoms with van der Waals surface area (Å²) in [4.78, 5) is 0. The lowest BCUT2D eigenvalue weighted by molar-refractivity contribution is 0.467. The molecule has 100 valence electrons. The molecule has 0 aliphatic rings. The highest BCUT2D eigenvalue weighted by Crippen LogP contribution is 2.29. The van der Waals surface area contributed by atoms with Gasteiger partial charge >= 0.3 is 0 Å². The molecule has 0 radical (unpaired) electrons. The lowest BCUT2D eigenvalue weighted by atomic mass is 10.1. The van der Waals surface area contributed by atoms with Crippen LogP contribution in [0.15, 0.2) is 34.8 Å². The number of aryl methyl sites for hydroxylation is 1. The van der Waals surface area contributed by atoms with Crippen LogP contribution in [0, 0.1) is 13.8 Å². The van der Waals surface area contributed by atoms with E-state index in [9.17, 15) is 5.11 Å². The summed E-state index contributed by atoms with van der Waals surface area (Å²) in [6.07, 6.45) is 0. The van der Waals surface area contributed by atoms with E-state index in [0.29, 0.717) is 17.3 Å². The zero-order chi connectivity index (χ0) is 14.0. The average Bonchev–Trinajstić information content (AvgIpc) is 2.37. The van der Waals surface area contributed by atoms with Gasteiger partial charge in [0.2, 0.25) is 0 Å². The van der Waals surface area contributed by atoms with E-state index in [4.69, 9.17) is 11.6 Å². The lowest BCUT2D eigenvalue weighted by Gasteiger charge is -2.13. The molecule has 0 fully saturated rings. The Morgan fingerprint density at radius 2 is 1.95 bits per heavy atom. The van der Waals surface area contributed by atoms with Crippen LogP contribution < -0.4 is 5.32 Å². The molecule has 0 saturated heterocycles. The third kappa shape index (κ3) is 3.23. The molecule has 0 unspecified atom stereocenters. The number of benzene rings is 2. The van der Waals surface area contributed by atoms with Gasteiger partial charge in [0.1, 0.15) is 5.75 Å². The van der Waals surface area contributed by atoms with Crippen molar-refractivity contribution in [1.82, 2.24) is 0 Å². The van der Waals surface area contributed by atoms with Crippen LogP contribution in [0.25, 0.3) is 0 Å². The Hall–Kier alpha value is -1.19. The third-order valence-electron chi connectivity index (χ3n) is 3.12. The van der Waals surface area contributed by atoms with Crippen molar-refractivity contribution >= 4 is 33.2 Å². The van der Waals surface area contributed by atoms with E-state index in [1.54, 1.807) is 0 Å². The monoisotopic (exact) mass is 339 g/mol. The van der Waals surface area contributed by atoms with Gasteiger partial charge in [-0.1, -0.05) is 39.7 Å². The summed E-state index contributed by atoms with van der Waals surface area (Å²) >= 11 is 9.41. The molecule has 0 spiro atoms. The van der Waals surface area contributed by atoms with Gasteiger partial charge in [0, 0.05) is 27.3 Å². The predicted octanol–water partition coefficient (Wildman–Crippen LogP) is 5.04. The van der Waals surface area contributed by atoms with Crippen molar-refractivity contribution in [3.8, 4) is 5.75 Å². The van der Waals surface area contributed by atoms with Crippen molar-refractivity contribution < 1.29 is 5.11 Å². The lowest BCUT2D eigenvalue weighted by Crippen LogP contribution is -2.02. The second-order valence-corrected chi connectivity index (χ2v) is 5.78. The van der Waals surface area contributed by atoms with Crippen LogP contribution in [0.1, 0.15) is 16.7 Å². The van der Waals surface area contributed by atoms with Gasteiger partial charge in [0.25, 0.3) is 0 Å². The van der Waals surface area contributed by atoms with Crippen molar-refractivity contribution in [2.24, 2.45) is 0 Å². The SMILES string of the molecule is Cc1ccc(NCc2ccc(Cl)cc2Br)c(C)c1O. The quantitative estimate of drug-likeness (QED) is 0.820. The first kappa shape index (κ1) is 14.2. The van der Waals surface area contributed by atoms with Gasteiger partial charge in [0.05, 0.1) is 0 Å². The van der Waals surface area contributed by atoms with Gasteiger partial charge in [-0.25, -0.2) is 0 Å². The van der Waals surface area contributed by atoms with Crippen LogP contribution in [0.3, 0.4) is 0 Å². The minimum absolute atomic E-state index is 0.347. The molecule has 2 nitrogen and oxygen atoms in total. The molecule has 0 aromatic heterocycles. The molecule has 2 rings (SSSR count). The van der Waals surface area contributed by atoms with Crippen molar-refractivity contribution in [2.75, 3.05) is 5.32 Å². The van der Waals surface area contributed by atoms with Gasteiger partial charge in [0.15, 0.2) is 0 Å². The maximum absolute atomic E-state index is 9.91. The summed E-state index contributed by atoms with van der Waals surface area (Å²) in [5, 5.41) is 13.9. The van der Waals surface area contributed by atoms with Gasteiger partial charge in [-0.2, -0.15) is 0 Å². The highest BCUT2D eigenvalue weighted by molar-refractivity contribution is 9.10. The third-order valence-corrected chi connectivity index (χ3v) is 4.09. The Kier molecular flexibility index (Phi) is 4.38. The Bertz CT molecular complexity index is 613. The van der Waals surface area contributed by atoms with Crippen LogP contribution in [-0.2, 0) is 6.54 Å². The molecule has 2 N–H and O–H groups in total. The number of halogens is 2. The van der Waals surface area contributed by atoms with E-state index in [1.807, 2.05) is 44.2 Å². The number of phenols is 1. The minimum Gasteiger partial charge on any atom is -0.507 e. The van der Waals surface area contributed by atoms with Gasteiger partial charge in [-0.3, -0.25) is 0 Å². The Morgan fingerprint density at radius 1 is 1.21 bits per heavy atom. The smallest absolute Gasteiger partial charge is 0.123 e. The standard InChI is InChI=1S/C15H15BrClNO/c1-9-3-6-14(10(2)15(9)19)18-8-11-4-5-12(17)7-13(11)16/h3-7,18-19H,8H2,1-2H3. The summed E-state index contributed by atoms with van der Waals surface area (Å²) in [5.41, 5.74) is 3.80. The normalized spacial score (nSPS) is 10.5. The fourth-order valence-corrected chi connectivity index (χ4v) is 2.71. The van der Waals surface area contributed by atoms with E-state index in [-0.39, 0.29) is 0 Å². The van der Waals surface area contributed by atoms with E-state index in [2.05, 4.69) is 21.2 Å². The average molecular weight is 341 g/mol. The number of hydrogen-bond acceptors (Lipinski definition) is 2. The van der Waals surface area contributed by atoms with E-state index >= 15 is 0 Å². The summed E-state index contributed by atoms with van der Waals surface area (Å²) < 4.78 is 0.974. The number of nitrogens with one attached hydrogen (secondary N) is 1. The molecule has 0 atom stereocenters. The molecule has 0 aliphatic carbocycles. The largest absolute Gasteiger partial charge is 0.507 e. The first-order valence-corrected chi connectivity index (χ1v) is 7.13. The summed E-state index contributed by atoms with van der Waals surface area (Å²) in [6.45, 7) is 4.46.